The molecule has 2 N–H and O–H groups in total. The summed E-state index contributed by atoms with van der Waals surface area (Å²) in [6.07, 6.45) is 0. The van der Waals surface area contributed by atoms with E-state index in [-0.39, 0.29) is 11.8 Å². The molecule has 1 aromatic heterocycles. The SMILES string of the molecule is Cc1ccc(NC(=O)c2ccccc2C(=O)Nc2ccc(C)cc2-c2cccs2)cc1. The van der Waals surface area contributed by atoms with Gasteiger partial charge < -0.3 is 10.6 Å². The number of carbonyl (C=O) groups is 2. The number of carbonyl (C=O) groups excluding carboxylic acids is 2. The third kappa shape index (κ3) is 4.73. The van der Waals surface area contributed by atoms with Crippen LogP contribution < -0.4 is 10.6 Å². The zero-order valence-electron chi connectivity index (χ0n) is 17.3. The number of hydrogen-bond acceptors (Lipinski definition) is 3. The molecule has 0 saturated heterocycles. The van der Waals surface area contributed by atoms with Gasteiger partial charge in [-0.2, -0.15) is 0 Å². The Morgan fingerprint density at radius 3 is 2.00 bits per heavy atom. The van der Waals surface area contributed by atoms with Gasteiger partial charge >= 0.3 is 0 Å². The molecule has 154 valence electrons. The Morgan fingerprint density at radius 2 is 1.35 bits per heavy atom. The Hall–Kier alpha value is -3.70. The lowest BCUT2D eigenvalue weighted by Gasteiger charge is -2.14. The van der Waals surface area contributed by atoms with Crippen molar-refractivity contribution in [3.8, 4) is 10.4 Å². The van der Waals surface area contributed by atoms with Crippen LogP contribution in [0.4, 0.5) is 11.4 Å². The van der Waals surface area contributed by atoms with Gasteiger partial charge in [0.2, 0.25) is 0 Å². The van der Waals surface area contributed by atoms with Crippen LogP contribution in [0.5, 0.6) is 0 Å². The van der Waals surface area contributed by atoms with Crippen LogP contribution in [0.2, 0.25) is 0 Å². The average Bonchev–Trinajstić information content (AvgIpc) is 3.31. The topological polar surface area (TPSA) is 58.2 Å². The molecule has 4 rings (SSSR count). The van der Waals surface area contributed by atoms with Crippen LogP contribution in [0.25, 0.3) is 10.4 Å². The predicted octanol–water partition coefficient (Wildman–Crippen LogP) is 6.54. The van der Waals surface area contributed by atoms with Crippen molar-refractivity contribution in [3.63, 3.8) is 0 Å². The van der Waals surface area contributed by atoms with E-state index in [9.17, 15) is 9.59 Å². The number of benzene rings is 3. The first-order chi connectivity index (χ1) is 15.0. The van der Waals surface area contributed by atoms with Crippen molar-refractivity contribution in [3.05, 3.63) is 106 Å². The van der Waals surface area contributed by atoms with Gasteiger partial charge in [0.1, 0.15) is 0 Å². The summed E-state index contributed by atoms with van der Waals surface area (Å²) < 4.78 is 0. The number of amides is 2. The van der Waals surface area contributed by atoms with E-state index in [1.54, 1.807) is 35.6 Å². The number of hydrogen-bond donors (Lipinski definition) is 2. The van der Waals surface area contributed by atoms with Crippen molar-refractivity contribution in [2.45, 2.75) is 13.8 Å². The highest BCUT2D eigenvalue weighted by Gasteiger charge is 2.18. The molecule has 0 atom stereocenters. The summed E-state index contributed by atoms with van der Waals surface area (Å²) in [6, 6.07) is 24.3. The smallest absolute Gasteiger partial charge is 0.256 e. The Morgan fingerprint density at radius 1 is 0.710 bits per heavy atom. The maximum absolute atomic E-state index is 13.2. The minimum atomic E-state index is -0.323. The van der Waals surface area contributed by atoms with Crippen molar-refractivity contribution < 1.29 is 9.59 Å². The van der Waals surface area contributed by atoms with Gasteiger partial charge in [-0.15, -0.1) is 11.3 Å². The molecule has 0 fully saturated rings. The fourth-order valence-electron chi connectivity index (χ4n) is 3.31. The monoisotopic (exact) mass is 426 g/mol. The van der Waals surface area contributed by atoms with Crippen LogP contribution in [-0.2, 0) is 0 Å². The normalized spacial score (nSPS) is 10.5. The fourth-order valence-corrected chi connectivity index (χ4v) is 4.06. The summed E-state index contributed by atoms with van der Waals surface area (Å²) in [6.45, 7) is 4.01. The molecule has 0 aliphatic heterocycles. The van der Waals surface area contributed by atoms with Gasteiger partial charge in [-0.3, -0.25) is 9.59 Å². The Labute approximate surface area is 185 Å². The highest BCUT2D eigenvalue weighted by atomic mass is 32.1. The van der Waals surface area contributed by atoms with E-state index in [4.69, 9.17) is 0 Å². The molecule has 0 spiro atoms. The molecular formula is C26H22N2O2S. The summed E-state index contributed by atoms with van der Waals surface area (Å²) >= 11 is 1.62. The van der Waals surface area contributed by atoms with Crippen molar-refractivity contribution in [1.29, 1.82) is 0 Å². The maximum Gasteiger partial charge on any atom is 0.256 e. The lowest BCUT2D eigenvalue weighted by molar-refractivity contribution is 0.0990. The molecule has 4 nitrogen and oxygen atoms in total. The largest absolute Gasteiger partial charge is 0.322 e. The highest BCUT2D eigenvalue weighted by molar-refractivity contribution is 7.13. The molecule has 0 bridgehead atoms. The van der Waals surface area contributed by atoms with Gasteiger partial charge in [-0.25, -0.2) is 0 Å². The summed E-state index contributed by atoms with van der Waals surface area (Å²) in [5.41, 5.74) is 5.23. The molecule has 0 aliphatic carbocycles. The number of anilines is 2. The number of thiophene rings is 1. The third-order valence-corrected chi connectivity index (χ3v) is 5.84. The van der Waals surface area contributed by atoms with Crippen LogP contribution in [0.1, 0.15) is 31.8 Å². The van der Waals surface area contributed by atoms with Gasteiger partial charge in [0.05, 0.1) is 11.1 Å². The minimum absolute atomic E-state index is 0.322. The van der Waals surface area contributed by atoms with Crippen LogP contribution >= 0.6 is 11.3 Å². The second kappa shape index (κ2) is 8.98. The van der Waals surface area contributed by atoms with E-state index in [0.29, 0.717) is 22.5 Å². The molecule has 31 heavy (non-hydrogen) atoms. The summed E-state index contributed by atoms with van der Waals surface area (Å²) in [5.74, 6) is -0.645. The second-order valence-electron chi connectivity index (χ2n) is 7.35. The van der Waals surface area contributed by atoms with Gasteiger partial charge in [0, 0.05) is 21.8 Å². The van der Waals surface area contributed by atoms with E-state index in [2.05, 4.69) is 16.7 Å². The molecule has 0 aliphatic rings. The van der Waals surface area contributed by atoms with Gasteiger partial charge in [0.15, 0.2) is 0 Å². The highest BCUT2D eigenvalue weighted by Crippen LogP contribution is 2.33. The maximum atomic E-state index is 13.2. The quantitative estimate of drug-likeness (QED) is 0.381. The Kier molecular flexibility index (Phi) is 5.96. The van der Waals surface area contributed by atoms with E-state index < -0.39 is 0 Å². The van der Waals surface area contributed by atoms with Crippen molar-refractivity contribution in [1.82, 2.24) is 0 Å². The molecular weight excluding hydrogens is 404 g/mol. The molecule has 0 radical (unpaired) electrons. The predicted molar refractivity (Wildman–Crippen MR) is 128 cm³/mol. The van der Waals surface area contributed by atoms with Crippen LogP contribution in [0.15, 0.2) is 84.2 Å². The first kappa shape index (κ1) is 20.6. The van der Waals surface area contributed by atoms with Gasteiger partial charge in [0.25, 0.3) is 11.8 Å². The molecule has 3 aromatic carbocycles. The van der Waals surface area contributed by atoms with Crippen LogP contribution in [-0.4, -0.2) is 11.8 Å². The lowest BCUT2D eigenvalue weighted by Crippen LogP contribution is -2.20. The van der Waals surface area contributed by atoms with Gasteiger partial charge in [-0.05, 0) is 61.7 Å². The van der Waals surface area contributed by atoms with Crippen molar-refractivity contribution >= 4 is 34.5 Å². The minimum Gasteiger partial charge on any atom is -0.322 e. The molecule has 5 heteroatoms. The van der Waals surface area contributed by atoms with E-state index in [0.717, 1.165) is 21.6 Å². The molecule has 2 amide bonds. The third-order valence-electron chi connectivity index (χ3n) is 4.94. The summed E-state index contributed by atoms with van der Waals surface area (Å²) in [7, 11) is 0. The summed E-state index contributed by atoms with van der Waals surface area (Å²) in [4.78, 5) is 27.1. The molecule has 0 saturated carbocycles. The lowest BCUT2D eigenvalue weighted by atomic mass is 10.0. The van der Waals surface area contributed by atoms with Crippen LogP contribution in [0.3, 0.4) is 0 Å². The standard InChI is InChI=1S/C26H22N2O2S/c1-17-9-12-19(13-10-17)27-25(29)20-6-3-4-7-21(20)26(30)28-23-14-11-18(2)16-22(23)24-8-5-15-31-24/h3-16H,1-2H3,(H,27,29)(H,28,30). The van der Waals surface area contributed by atoms with E-state index in [1.165, 1.54) is 0 Å². The number of nitrogens with one attached hydrogen (secondary N) is 2. The second-order valence-corrected chi connectivity index (χ2v) is 8.29. The average molecular weight is 427 g/mol. The number of rotatable bonds is 5. The fraction of sp³-hybridized carbons (Fsp3) is 0.0769. The molecule has 0 unspecified atom stereocenters. The zero-order chi connectivity index (χ0) is 21.8. The summed E-state index contributed by atoms with van der Waals surface area (Å²) in [5, 5.41) is 7.87. The first-order valence-electron chi connectivity index (χ1n) is 9.94. The van der Waals surface area contributed by atoms with E-state index in [1.807, 2.05) is 67.8 Å². The zero-order valence-corrected chi connectivity index (χ0v) is 18.1. The molecule has 4 aromatic rings. The van der Waals surface area contributed by atoms with Gasteiger partial charge in [-0.1, -0.05) is 47.5 Å². The van der Waals surface area contributed by atoms with Crippen molar-refractivity contribution in [2.75, 3.05) is 10.6 Å². The van der Waals surface area contributed by atoms with Crippen LogP contribution in [0, 0.1) is 13.8 Å². The first-order valence-corrected chi connectivity index (χ1v) is 10.8. The molecule has 1 heterocycles. The van der Waals surface area contributed by atoms with E-state index >= 15 is 0 Å². The number of aryl methyl sites for hydroxylation is 2. The Balaban J connectivity index is 1.61. The Bertz CT molecular complexity index is 1230. The van der Waals surface area contributed by atoms with Crippen molar-refractivity contribution in [2.24, 2.45) is 0 Å².